The Morgan fingerprint density at radius 1 is 1.00 bits per heavy atom. The summed E-state index contributed by atoms with van der Waals surface area (Å²) >= 11 is 0. The van der Waals surface area contributed by atoms with Crippen LogP contribution in [-0.4, -0.2) is 64.7 Å². The molecule has 3 amide bonds. The van der Waals surface area contributed by atoms with E-state index in [1.165, 1.54) is 11.9 Å². The number of carbonyl (C=O) groups is 4. The summed E-state index contributed by atoms with van der Waals surface area (Å²) in [6.45, 7) is 16.2. The maximum Gasteiger partial charge on any atom is 0.408 e. The Kier molecular flexibility index (Phi) is 11.7. The van der Waals surface area contributed by atoms with E-state index in [4.69, 9.17) is 4.74 Å². The average molecular weight is 458 g/mol. The summed E-state index contributed by atoms with van der Waals surface area (Å²) < 4.78 is 5.30. The van der Waals surface area contributed by atoms with Crippen LogP contribution in [0.4, 0.5) is 4.79 Å². The van der Waals surface area contributed by atoms with Gasteiger partial charge in [0.25, 0.3) is 0 Å². The molecule has 0 aliphatic carbocycles. The largest absolute Gasteiger partial charge is 0.480 e. The Hall–Kier alpha value is -2.32. The number of carbonyl (C=O) groups excluding carboxylic acids is 3. The van der Waals surface area contributed by atoms with Crippen molar-refractivity contribution in [1.29, 1.82) is 0 Å². The van der Waals surface area contributed by atoms with Crippen LogP contribution in [0.25, 0.3) is 0 Å². The summed E-state index contributed by atoms with van der Waals surface area (Å²) in [4.78, 5) is 51.6. The van der Waals surface area contributed by atoms with Crippen molar-refractivity contribution in [3.63, 3.8) is 0 Å². The molecule has 0 unspecified atom stereocenters. The monoisotopic (exact) mass is 457 g/mol. The highest BCUT2D eigenvalue weighted by Gasteiger charge is 2.37. The second-order valence-corrected chi connectivity index (χ2v) is 10.2. The number of nitrogens with one attached hydrogen (secondary N) is 2. The van der Waals surface area contributed by atoms with E-state index in [1.807, 2.05) is 27.7 Å². The number of amides is 3. The molecule has 3 N–H and O–H groups in total. The van der Waals surface area contributed by atoms with E-state index in [2.05, 4.69) is 10.6 Å². The number of ether oxygens (including phenoxy) is 1. The molecule has 0 spiro atoms. The van der Waals surface area contributed by atoms with Crippen molar-refractivity contribution in [1.82, 2.24) is 15.5 Å². The lowest BCUT2D eigenvalue weighted by Gasteiger charge is -2.35. The van der Waals surface area contributed by atoms with E-state index in [0.717, 1.165) is 0 Å². The van der Waals surface area contributed by atoms with Crippen molar-refractivity contribution in [2.24, 2.45) is 17.8 Å². The van der Waals surface area contributed by atoms with Crippen LogP contribution in [-0.2, 0) is 19.1 Å². The van der Waals surface area contributed by atoms with Crippen LogP contribution in [0, 0.1) is 17.8 Å². The van der Waals surface area contributed by atoms with Gasteiger partial charge in [-0.1, -0.05) is 48.0 Å². The Bertz CT molecular complexity index is 657. The molecule has 0 saturated carbocycles. The zero-order chi connectivity index (χ0) is 25.4. The van der Waals surface area contributed by atoms with E-state index >= 15 is 0 Å². The Morgan fingerprint density at radius 3 is 1.91 bits per heavy atom. The standard InChI is InChI=1S/C23H43N3O6/c1-11-15(6)17(25-22(31)32-23(7,8)9)20(28)26(10)18(14(4)5)19(27)24-16(21(29)30)12-13(2)3/h13-18H,11-12H2,1-10H3,(H,24,27)(H,25,31)(H,29,30)/t15-,16+,17+,18+/m1/s1. The van der Waals surface area contributed by atoms with E-state index in [1.54, 1.807) is 34.6 Å². The predicted octanol–water partition coefficient (Wildman–Crippen LogP) is 3.02. The molecular formula is C23H43N3O6. The highest BCUT2D eigenvalue weighted by Crippen LogP contribution is 2.18. The maximum atomic E-state index is 13.4. The topological polar surface area (TPSA) is 125 Å². The van der Waals surface area contributed by atoms with Gasteiger partial charge in [0.05, 0.1) is 0 Å². The number of aliphatic carboxylic acids is 1. The van der Waals surface area contributed by atoms with Crippen LogP contribution in [0.15, 0.2) is 0 Å². The number of alkyl carbamates (subject to hydrolysis) is 1. The van der Waals surface area contributed by atoms with E-state index < -0.39 is 47.6 Å². The van der Waals surface area contributed by atoms with Gasteiger partial charge in [0.1, 0.15) is 23.7 Å². The number of hydrogen-bond acceptors (Lipinski definition) is 5. The number of likely N-dealkylation sites (N-methyl/N-ethyl adjacent to an activating group) is 1. The fraction of sp³-hybridized carbons (Fsp3) is 0.826. The fourth-order valence-corrected chi connectivity index (χ4v) is 3.35. The van der Waals surface area contributed by atoms with Gasteiger partial charge in [-0.3, -0.25) is 9.59 Å². The third kappa shape index (κ3) is 9.87. The van der Waals surface area contributed by atoms with Gasteiger partial charge >= 0.3 is 12.1 Å². The number of hydrogen-bond donors (Lipinski definition) is 3. The minimum absolute atomic E-state index is 0.0704. The van der Waals surface area contributed by atoms with Crippen molar-refractivity contribution >= 4 is 23.9 Å². The van der Waals surface area contributed by atoms with Crippen LogP contribution in [0.2, 0.25) is 0 Å². The van der Waals surface area contributed by atoms with Gasteiger partial charge in [-0.25, -0.2) is 9.59 Å². The number of nitrogens with zero attached hydrogens (tertiary/aromatic N) is 1. The van der Waals surface area contributed by atoms with Crippen LogP contribution in [0.1, 0.15) is 75.2 Å². The molecule has 186 valence electrons. The van der Waals surface area contributed by atoms with Crippen LogP contribution < -0.4 is 10.6 Å². The summed E-state index contributed by atoms with van der Waals surface area (Å²) in [5, 5.41) is 14.7. The predicted molar refractivity (Wildman–Crippen MR) is 123 cm³/mol. The van der Waals surface area contributed by atoms with Gasteiger partial charge < -0.3 is 25.4 Å². The molecule has 0 aromatic rings. The smallest absolute Gasteiger partial charge is 0.408 e. The minimum atomic E-state index is -1.12. The quantitative estimate of drug-likeness (QED) is 0.438. The zero-order valence-corrected chi connectivity index (χ0v) is 21.3. The van der Waals surface area contributed by atoms with Crippen molar-refractivity contribution in [3.05, 3.63) is 0 Å². The maximum absolute atomic E-state index is 13.4. The van der Waals surface area contributed by atoms with Gasteiger partial charge in [0.15, 0.2) is 0 Å². The first kappa shape index (κ1) is 29.7. The van der Waals surface area contributed by atoms with Crippen molar-refractivity contribution in [2.45, 2.75) is 98.9 Å². The molecule has 0 heterocycles. The van der Waals surface area contributed by atoms with E-state index in [0.29, 0.717) is 6.42 Å². The second kappa shape index (κ2) is 12.6. The summed E-state index contributed by atoms with van der Waals surface area (Å²) in [6, 6.07) is -2.83. The van der Waals surface area contributed by atoms with Gasteiger partial charge in [-0.2, -0.15) is 0 Å². The number of rotatable bonds is 11. The van der Waals surface area contributed by atoms with Crippen LogP contribution >= 0.6 is 0 Å². The molecule has 0 rings (SSSR count). The van der Waals surface area contributed by atoms with Crippen molar-refractivity contribution in [2.75, 3.05) is 7.05 Å². The Labute approximate surface area is 192 Å². The SMILES string of the molecule is CC[C@@H](C)[C@H](NC(=O)OC(C)(C)C)C(=O)N(C)[C@H](C(=O)N[C@@H](CC(C)C)C(=O)O)C(C)C. The molecular weight excluding hydrogens is 414 g/mol. The molecule has 4 atom stereocenters. The molecule has 0 aliphatic heterocycles. The lowest BCUT2D eigenvalue weighted by atomic mass is 9.95. The van der Waals surface area contributed by atoms with Crippen LogP contribution in [0.5, 0.6) is 0 Å². The molecule has 0 saturated heterocycles. The summed E-state index contributed by atoms with van der Waals surface area (Å²) in [5.74, 6) is -2.51. The first-order valence-electron chi connectivity index (χ1n) is 11.3. The normalized spacial score (nSPS) is 15.5. The van der Waals surface area contributed by atoms with Crippen molar-refractivity contribution in [3.8, 4) is 0 Å². The van der Waals surface area contributed by atoms with Gasteiger partial charge in [0, 0.05) is 7.05 Å². The third-order valence-electron chi connectivity index (χ3n) is 5.14. The molecule has 9 heteroatoms. The molecule has 9 nitrogen and oxygen atoms in total. The Balaban J connectivity index is 5.70. The molecule has 0 fully saturated rings. The molecule has 0 radical (unpaired) electrons. The first-order chi connectivity index (χ1) is 14.5. The summed E-state index contributed by atoms with van der Waals surface area (Å²) in [7, 11) is 1.50. The lowest BCUT2D eigenvalue weighted by molar-refractivity contribution is -0.146. The second-order valence-electron chi connectivity index (χ2n) is 10.2. The number of carboxylic acids is 1. The van der Waals surface area contributed by atoms with Crippen LogP contribution in [0.3, 0.4) is 0 Å². The van der Waals surface area contributed by atoms with Crippen molar-refractivity contribution < 1.29 is 29.0 Å². The highest BCUT2D eigenvalue weighted by molar-refractivity contribution is 5.93. The molecule has 0 bridgehead atoms. The lowest BCUT2D eigenvalue weighted by Crippen LogP contribution is -2.59. The first-order valence-corrected chi connectivity index (χ1v) is 11.3. The van der Waals surface area contributed by atoms with E-state index in [-0.39, 0.29) is 24.2 Å². The zero-order valence-electron chi connectivity index (χ0n) is 21.3. The average Bonchev–Trinajstić information content (AvgIpc) is 2.62. The highest BCUT2D eigenvalue weighted by atomic mass is 16.6. The minimum Gasteiger partial charge on any atom is -0.480 e. The molecule has 0 aromatic carbocycles. The van der Waals surface area contributed by atoms with Gasteiger partial charge in [-0.05, 0) is 44.9 Å². The number of carboxylic acid groups (broad SMARTS) is 1. The fourth-order valence-electron chi connectivity index (χ4n) is 3.35. The summed E-state index contributed by atoms with van der Waals surface area (Å²) in [5.41, 5.74) is -0.721. The Morgan fingerprint density at radius 2 is 1.53 bits per heavy atom. The molecule has 0 aromatic heterocycles. The summed E-state index contributed by atoms with van der Waals surface area (Å²) in [6.07, 6.45) is 0.186. The van der Waals surface area contributed by atoms with Gasteiger partial charge in [-0.15, -0.1) is 0 Å². The van der Waals surface area contributed by atoms with Gasteiger partial charge in [0.2, 0.25) is 11.8 Å². The third-order valence-corrected chi connectivity index (χ3v) is 5.14. The van der Waals surface area contributed by atoms with E-state index in [9.17, 15) is 24.3 Å². The molecule has 32 heavy (non-hydrogen) atoms. The molecule has 0 aliphatic rings.